The Hall–Kier alpha value is -2.84. The highest BCUT2D eigenvalue weighted by Gasteiger charge is 2.29. The van der Waals surface area contributed by atoms with E-state index in [1.165, 1.54) is 13.2 Å². The third kappa shape index (κ3) is 6.92. The fourth-order valence-corrected chi connectivity index (χ4v) is 2.70. The van der Waals surface area contributed by atoms with E-state index in [4.69, 9.17) is 9.47 Å². The summed E-state index contributed by atoms with van der Waals surface area (Å²) < 4.78 is 49.2. The number of rotatable bonds is 8. The van der Waals surface area contributed by atoms with Crippen LogP contribution in [0.15, 0.2) is 41.5 Å². The number of hydrogen-bond acceptors (Lipinski definition) is 3. The number of aryl methyl sites for hydroxylation is 1. The highest BCUT2D eigenvalue weighted by Crippen LogP contribution is 2.30. The van der Waals surface area contributed by atoms with E-state index in [0.29, 0.717) is 19.6 Å². The first-order valence-corrected chi connectivity index (χ1v) is 9.19. The molecule has 0 bridgehead atoms. The van der Waals surface area contributed by atoms with Gasteiger partial charge in [0.2, 0.25) is 0 Å². The minimum absolute atomic E-state index is 0.0466. The van der Waals surface area contributed by atoms with Crippen molar-refractivity contribution in [3.63, 3.8) is 0 Å². The zero-order chi connectivity index (χ0) is 21.4. The van der Waals surface area contributed by atoms with E-state index in [1.807, 2.05) is 48.8 Å². The van der Waals surface area contributed by atoms with Gasteiger partial charge in [0.25, 0.3) is 0 Å². The van der Waals surface area contributed by atoms with E-state index in [9.17, 15) is 13.2 Å². The minimum Gasteiger partial charge on any atom is -0.493 e. The normalized spacial score (nSPS) is 12.0. The van der Waals surface area contributed by atoms with Crippen molar-refractivity contribution in [2.75, 3.05) is 27.3 Å². The fraction of sp³-hybridized carbons (Fsp3) is 0.450. The number of hydrogen-bond donors (Lipinski definition) is 1. The lowest BCUT2D eigenvalue weighted by molar-refractivity contribution is -0.153. The summed E-state index contributed by atoms with van der Waals surface area (Å²) in [5.74, 6) is 1.01. The highest BCUT2D eigenvalue weighted by molar-refractivity contribution is 5.79. The van der Waals surface area contributed by atoms with Gasteiger partial charge in [-0.2, -0.15) is 13.2 Å². The van der Waals surface area contributed by atoms with E-state index >= 15 is 0 Å². The molecule has 1 N–H and O–H groups in total. The van der Waals surface area contributed by atoms with Gasteiger partial charge in [0.15, 0.2) is 24.1 Å². The minimum atomic E-state index is -4.41. The molecule has 1 aromatic heterocycles. The Bertz CT molecular complexity index is 818. The molecule has 2 rings (SSSR count). The summed E-state index contributed by atoms with van der Waals surface area (Å²) in [5, 5.41) is 3.25. The summed E-state index contributed by atoms with van der Waals surface area (Å²) in [5.41, 5.74) is 1.94. The number of alkyl halides is 3. The molecule has 0 unspecified atom stereocenters. The van der Waals surface area contributed by atoms with E-state index in [2.05, 4.69) is 10.3 Å². The maximum absolute atomic E-state index is 12.4. The summed E-state index contributed by atoms with van der Waals surface area (Å²) >= 11 is 0. The Morgan fingerprint density at radius 2 is 2.00 bits per heavy atom. The lowest BCUT2D eigenvalue weighted by atomic mass is 10.2. The van der Waals surface area contributed by atoms with Crippen molar-refractivity contribution in [1.29, 1.82) is 0 Å². The van der Waals surface area contributed by atoms with Crippen LogP contribution in [0.4, 0.5) is 13.2 Å². The lowest BCUT2D eigenvalue weighted by Crippen LogP contribution is -2.38. The predicted octanol–water partition coefficient (Wildman–Crippen LogP) is 3.57. The molecule has 29 heavy (non-hydrogen) atoms. The molecule has 1 aromatic carbocycles. The van der Waals surface area contributed by atoms with E-state index in [0.717, 1.165) is 17.2 Å². The zero-order valence-corrected chi connectivity index (χ0v) is 17.1. The molecule has 0 aliphatic heterocycles. The molecule has 2 aromatic rings. The van der Waals surface area contributed by atoms with Gasteiger partial charge in [-0.1, -0.05) is 6.07 Å². The Labute approximate surface area is 168 Å². The Morgan fingerprint density at radius 3 is 2.59 bits per heavy atom. The van der Waals surface area contributed by atoms with Crippen LogP contribution in [0.1, 0.15) is 18.2 Å². The maximum Gasteiger partial charge on any atom is 0.422 e. The molecular formula is C20H27F3N4O2. The first-order chi connectivity index (χ1) is 13.7. The summed E-state index contributed by atoms with van der Waals surface area (Å²) in [6.07, 6.45) is -2.42. The second-order valence-corrected chi connectivity index (χ2v) is 6.53. The molecule has 0 atom stereocenters. The lowest BCUT2D eigenvalue weighted by Gasteiger charge is -2.22. The van der Waals surface area contributed by atoms with Gasteiger partial charge >= 0.3 is 6.18 Å². The highest BCUT2D eigenvalue weighted by atomic mass is 19.4. The van der Waals surface area contributed by atoms with Crippen LogP contribution in [0, 0.1) is 0 Å². The molecule has 0 radical (unpaired) electrons. The summed E-state index contributed by atoms with van der Waals surface area (Å²) in [7, 11) is 5.33. The molecule has 9 heteroatoms. The van der Waals surface area contributed by atoms with Crippen molar-refractivity contribution >= 4 is 5.96 Å². The molecule has 0 saturated heterocycles. The van der Waals surface area contributed by atoms with Gasteiger partial charge in [-0.05, 0) is 36.8 Å². The van der Waals surface area contributed by atoms with Crippen LogP contribution in [0.5, 0.6) is 11.5 Å². The molecule has 0 aliphatic carbocycles. The number of aromatic nitrogens is 1. The SMILES string of the molecule is CCNC(=NCc1ccc(OCC(F)(F)F)c(OC)c1)N(C)Cc1cccn1C. The van der Waals surface area contributed by atoms with Crippen molar-refractivity contribution in [2.24, 2.45) is 12.0 Å². The van der Waals surface area contributed by atoms with Gasteiger partial charge in [-0.15, -0.1) is 0 Å². The summed E-state index contributed by atoms with van der Waals surface area (Å²) in [6.45, 7) is 2.36. The number of guanidine groups is 1. The summed E-state index contributed by atoms with van der Waals surface area (Å²) in [6, 6.07) is 8.82. The van der Waals surface area contributed by atoms with Crippen LogP contribution in [0.25, 0.3) is 0 Å². The standard InChI is InChI=1S/C20H27F3N4O2/c1-5-24-19(27(3)13-16-7-6-10-26(16)2)25-12-15-8-9-17(18(11-15)28-4)29-14-20(21,22)23/h6-11H,5,12-14H2,1-4H3,(H,24,25). The number of nitrogens with zero attached hydrogens (tertiary/aromatic N) is 3. The molecule has 0 saturated carbocycles. The van der Waals surface area contributed by atoms with Crippen molar-refractivity contribution in [2.45, 2.75) is 26.2 Å². The molecule has 160 valence electrons. The summed E-state index contributed by atoms with van der Waals surface area (Å²) in [4.78, 5) is 6.64. The van der Waals surface area contributed by atoms with Crippen LogP contribution in [-0.4, -0.2) is 48.9 Å². The van der Waals surface area contributed by atoms with Crippen LogP contribution in [0.2, 0.25) is 0 Å². The molecule has 6 nitrogen and oxygen atoms in total. The largest absolute Gasteiger partial charge is 0.493 e. The van der Waals surface area contributed by atoms with Crippen LogP contribution >= 0.6 is 0 Å². The molecule has 0 spiro atoms. The van der Waals surface area contributed by atoms with Gasteiger partial charge in [-0.25, -0.2) is 4.99 Å². The average Bonchev–Trinajstić information content (AvgIpc) is 3.07. The van der Waals surface area contributed by atoms with Crippen LogP contribution < -0.4 is 14.8 Å². The monoisotopic (exact) mass is 412 g/mol. The third-order valence-corrected chi connectivity index (χ3v) is 4.18. The fourth-order valence-electron chi connectivity index (χ4n) is 2.70. The van der Waals surface area contributed by atoms with E-state index < -0.39 is 12.8 Å². The van der Waals surface area contributed by atoms with Gasteiger partial charge in [0.05, 0.1) is 20.2 Å². The number of aliphatic imine (C=N–C) groups is 1. The number of benzene rings is 1. The number of methoxy groups -OCH3 is 1. The molecule has 0 aliphatic rings. The molecular weight excluding hydrogens is 385 g/mol. The number of ether oxygens (including phenoxy) is 2. The average molecular weight is 412 g/mol. The Kier molecular flexibility index (Phi) is 7.81. The van der Waals surface area contributed by atoms with E-state index in [-0.39, 0.29) is 11.5 Å². The topological polar surface area (TPSA) is 51.0 Å². The Balaban J connectivity index is 2.10. The molecule has 1 heterocycles. The number of halogens is 3. The van der Waals surface area contributed by atoms with Crippen LogP contribution in [0.3, 0.4) is 0 Å². The van der Waals surface area contributed by atoms with Gasteiger partial charge < -0.3 is 24.3 Å². The first kappa shape index (κ1) is 22.4. The van der Waals surface area contributed by atoms with Crippen molar-refractivity contribution < 1.29 is 22.6 Å². The second-order valence-electron chi connectivity index (χ2n) is 6.53. The quantitative estimate of drug-likeness (QED) is 0.532. The zero-order valence-electron chi connectivity index (χ0n) is 17.1. The van der Waals surface area contributed by atoms with Crippen LogP contribution in [-0.2, 0) is 20.1 Å². The van der Waals surface area contributed by atoms with Crippen molar-refractivity contribution in [3.05, 3.63) is 47.8 Å². The maximum atomic E-state index is 12.4. The number of nitrogens with one attached hydrogen (secondary N) is 1. The van der Waals surface area contributed by atoms with E-state index in [1.54, 1.807) is 12.1 Å². The Morgan fingerprint density at radius 1 is 1.24 bits per heavy atom. The van der Waals surface area contributed by atoms with Gasteiger partial charge in [0.1, 0.15) is 0 Å². The molecule has 0 fully saturated rings. The molecule has 0 amide bonds. The second kappa shape index (κ2) is 10.1. The third-order valence-electron chi connectivity index (χ3n) is 4.18. The van der Waals surface area contributed by atoms with Crippen molar-refractivity contribution in [3.8, 4) is 11.5 Å². The van der Waals surface area contributed by atoms with Gasteiger partial charge in [0, 0.05) is 32.5 Å². The predicted molar refractivity (Wildman–Crippen MR) is 106 cm³/mol. The first-order valence-electron chi connectivity index (χ1n) is 9.19. The van der Waals surface area contributed by atoms with Gasteiger partial charge in [-0.3, -0.25) is 0 Å². The smallest absolute Gasteiger partial charge is 0.422 e. The van der Waals surface area contributed by atoms with Crippen molar-refractivity contribution in [1.82, 2.24) is 14.8 Å².